The van der Waals surface area contributed by atoms with Crippen molar-refractivity contribution < 1.29 is 10.2 Å². The van der Waals surface area contributed by atoms with Crippen molar-refractivity contribution in [2.24, 2.45) is 0 Å². The van der Waals surface area contributed by atoms with Crippen LogP contribution in [0.15, 0.2) is 30.3 Å². The zero-order chi connectivity index (χ0) is 14.7. The molecule has 0 amide bonds. The van der Waals surface area contributed by atoms with Gasteiger partial charge in [-0.15, -0.1) is 0 Å². The molecule has 0 aliphatic carbocycles. The Labute approximate surface area is 120 Å². The number of phenolic OH excluding ortho intramolecular Hbond substituents is 2. The third kappa shape index (κ3) is 2.79. The second-order valence-corrected chi connectivity index (χ2v) is 5.10. The molecule has 2 aromatic rings. The van der Waals surface area contributed by atoms with E-state index < -0.39 is 0 Å². The third-order valence-corrected chi connectivity index (χ3v) is 3.72. The van der Waals surface area contributed by atoms with Crippen molar-refractivity contribution in [2.75, 3.05) is 0 Å². The molecule has 0 aliphatic heterocycles. The maximum atomic E-state index is 10.2. The minimum atomic E-state index is 0.116. The molecule has 2 N–H and O–H groups in total. The largest absolute Gasteiger partial charge is 0.508 e. The van der Waals surface area contributed by atoms with E-state index in [9.17, 15) is 10.2 Å². The van der Waals surface area contributed by atoms with Gasteiger partial charge in [0.25, 0.3) is 0 Å². The molecule has 0 unspecified atom stereocenters. The maximum absolute atomic E-state index is 10.2. The quantitative estimate of drug-likeness (QED) is 0.861. The monoisotopic (exact) mass is 270 g/mol. The molecule has 0 heterocycles. The SMILES string of the molecule is CCc1cc(CC)cc(-c2c(O)cc(O)cc2CC)c1. The molecule has 20 heavy (non-hydrogen) atoms. The minimum Gasteiger partial charge on any atom is -0.508 e. The average Bonchev–Trinajstić information content (AvgIpc) is 2.45. The molecule has 0 atom stereocenters. The van der Waals surface area contributed by atoms with Gasteiger partial charge in [-0.3, -0.25) is 0 Å². The number of aromatic hydroxyl groups is 2. The van der Waals surface area contributed by atoms with Gasteiger partial charge in [0.1, 0.15) is 11.5 Å². The van der Waals surface area contributed by atoms with E-state index in [1.54, 1.807) is 6.07 Å². The minimum absolute atomic E-state index is 0.116. The highest BCUT2D eigenvalue weighted by molar-refractivity contribution is 5.76. The number of hydrogen-bond donors (Lipinski definition) is 2. The fraction of sp³-hybridized carbons (Fsp3) is 0.333. The van der Waals surface area contributed by atoms with E-state index in [4.69, 9.17) is 0 Å². The van der Waals surface area contributed by atoms with Crippen LogP contribution in [0.2, 0.25) is 0 Å². The molecule has 0 aromatic heterocycles. The van der Waals surface area contributed by atoms with E-state index >= 15 is 0 Å². The van der Waals surface area contributed by atoms with E-state index in [2.05, 4.69) is 32.0 Å². The van der Waals surface area contributed by atoms with E-state index in [0.717, 1.165) is 36.0 Å². The van der Waals surface area contributed by atoms with Crippen LogP contribution >= 0.6 is 0 Å². The first-order chi connectivity index (χ1) is 9.58. The molecule has 2 nitrogen and oxygen atoms in total. The number of hydrogen-bond acceptors (Lipinski definition) is 2. The van der Waals surface area contributed by atoms with Gasteiger partial charge < -0.3 is 10.2 Å². The van der Waals surface area contributed by atoms with Gasteiger partial charge in [0.05, 0.1) is 0 Å². The smallest absolute Gasteiger partial charge is 0.127 e. The van der Waals surface area contributed by atoms with Crippen LogP contribution in [0, 0.1) is 0 Å². The zero-order valence-corrected chi connectivity index (χ0v) is 12.4. The van der Waals surface area contributed by atoms with Gasteiger partial charge in [-0.05, 0) is 47.6 Å². The number of rotatable bonds is 4. The average molecular weight is 270 g/mol. The lowest BCUT2D eigenvalue weighted by atomic mass is 9.93. The Morgan fingerprint density at radius 1 is 0.750 bits per heavy atom. The van der Waals surface area contributed by atoms with Crippen molar-refractivity contribution in [3.63, 3.8) is 0 Å². The summed E-state index contributed by atoms with van der Waals surface area (Å²) in [5, 5.41) is 19.9. The highest BCUT2D eigenvalue weighted by Gasteiger charge is 2.12. The van der Waals surface area contributed by atoms with Gasteiger partial charge in [0, 0.05) is 11.6 Å². The molecular formula is C18H22O2. The van der Waals surface area contributed by atoms with Crippen molar-refractivity contribution in [3.8, 4) is 22.6 Å². The van der Waals surface area contributed by atoms with Crippen molar-refractivity contribution in [1.82, 2.24) is 0 Å². The first-order valence-corrected chi connectivity index (χ1v) is 7.27. The van der Waals surface area contributed by atoms with Gasteiger partial charge in [-0.2, -0.15) is 0 Å². The molecule has 2 aromatic carbocycles. The van der Waals surface area contributed by atoms with Crippen LogP contribution in [0.25, 0.3) is 11.1 Å². The summed E-state index contributed by atoms with van der Waals surface area (Å²) in [6.45, 7) is 6.30. The van der Waals surface area contributed by atoms with Crippen LogP contribution in [0.5, 0.6) is 11.5 Å². The number of aryl methyl sites for hydroxylation is 3. The van der Waals surface area contributed by atoms with E-state index in [1.807, 2.05) is 6.92 Å². The lowest BCUT2D eigenvalue weighted by molar-refractivity contribution is 0.450. The lowest BCUT2D eigenvalue weighted by Gasteiger charge is -2.14. The molecule has 0 aliphatic rings. The van der Waals surface area contributed by atoms with Gasteiger partial charge in [0.15, 0.2) is 0 Å². The Bertz CT molecular complexity index is 593. The summed E-state index contributed by atoms with van der Waals surface area (Å²) in [4.78, 5) is 0. The maximum Gasteiger partial charge on any atom is 0.127 e. The molecule has 106 valence electrons. The normalized spacial score (nSPS) is 10.8. The van der Waals surface area contributed by atoms with E-state index in [0.29, 0.717) is 0 Å². The summed E-state index contributed by atoms with van der Waals surface area (Å²) >= 11 is 0. The van der Waals surface area contributed by atoms with Crippen molar-refractivity contribution in [1.29, 1.82) is 0 Å². The number of benzene rings is 2. The summed E-state index contributed by atoms with van der Waals surface area (Å²) in [5.74, 6) is 0.266. The summed E-state index contributed by atoms with van der Waals surface area (Å²) in [7, 11) is 0. The van der Waals surface area contributed by atoms with Crippen LogP contribution in [-0.2, 0) is 19.3 Å². The Hall–Kier alpha value is -1.96. The highest BCUT2D eigenvalue weighted by atomic mass is 16.3. The van der Waals surface area contributed by atoms with Crippen LogP contribution in [0.4, 0.5) is 0 Å². The molecule has 0 spiro atoms. The van der Waals surface area contributed by atoms with Crippen LogP contribution in [0.3, 0.4) is 0 Å². The van der Waals surface area contributed by atoms with Crippen molar-refractivity contribution >= 4 is 0 Å². The van der Waals surface area contributed by atoms with Gasteiger partial charge >= 0.3 is 0 Å². The molecule has 0 radical (unpaired) electrons. The fourth-order valence-corrected chi connectivity index (χ4v) is 2.60. The first-order valence-electron chi connectivity index (χ1n) is 7.27. The molecule has 2 heteroatoms. The molecule has 0 fully saturated rings. The predicted molar refractivity (Wildman–Crippen MR) is 83.3 cm³/mol. The standard InChI is InChI=1S/C18H22O2/c1-4-12-7-13(5-2)9-15(8-12)18-14(6-3)10-16(19)11-17(18)20/h7-11,19-20H,4-6H2,1-3H3. The van der Waals surface area contributed by atoms with Crippen LogP contribution < -0.4 is 0 Å². The summed E-state index contributed by atoms with van der Waals surface area (Å²) in [5.41, 5.74) is 5.39. The third-order valence-electron chi connectivity index (χ3n) is 3.72. The van der Waals surface area contributed by atoms with Gasteiger partial charge in [0.2, 0.25) is 0 Å². The van der Waals surface area contributed by atoms with E-state index in [-0.39, 0.29) is 11.5 Å². The lowest BCUT2D eigenvalue weighted by Crippen LogP contribution is -1.93. The van der Waals surface area contributed by atoms with Crippen LogP contribution in [-0.4, -0.2) is 10.2 Å². The molecule has 0 saturated heterocycles. The topological polar surface area (TPSA) is 40.5 Å². The predicted octanol–water partition coefficient (Wildman–Crippen LogP) is 4.45. The van der Waals surface area contributed by atoms with Crippen molar-refractivity contribution in [2.45, 2.75) is 40.0 Å². The molecule has 2 rings (SSSR count). The highest BCUT2D eigenvalue weighted by Crippen LogP contribution is 2.37. The molecule has 0 saturated carbocycles. The van der Waals surface area contributed by atoms with E-state index in [1.165, 1.54) is 17.2 Å². The second kappa shape index (κ2) is 6.00. The zero-order valence-electron chi connectivity index (χ0n) is 12.4. The Morgan fingerprint density at radius 3 is 1.85 bits per heavy atom. The molecular weight excluding hydrogens is 248 g/mol. The Balaban J connectivity index is 2.67. The number of phenols is 2. The van der Waals surface area contributed by atoms with Crippen molar-refractivity contribution in [3.05, 3.63) is 47.0 Å². The Morgan fingerprint density at radius 2 is 1.35 bits per heavy atom. The van der Waals surface area contributed by atoms with Crippen LogP contribution in [0.1, 0.15) is 37.5 Å². The van der Waals surface area contributed by atoms with Gasteiger partial charge in [-0.1, -0.05) is 39.0 Å². The second-order valence-electron chi connectivity index (χ2n) is 5.10. The van der Waals surface area contributed by atoms with Gasteiger partial charge in [-0.25, -0.2) is 0 Å². The summed E-state index contributed by atoms with van der Waals surface area (Å²) in [6, 6.07) is 9.62. The Kier molecular flexibility index (Phi) is 4.33. The fourth-order valence-electron chi connectivity index (χ4n) is 2.60. The molecule has 0 bridgehead atoms. The first kappa shape index (κ1) is 14.4. The summed E-state index contributed by atoms with van der Waals surface area (Å²) in [6.07, 6.45) is 2.72. The summed E-state index contributed by atoms with van der Waals surface area (Å²) < 4.78 is 0.